The van der Waals surface area contributed by atoms with Crippen LogP contribution in [0.5, 0.6) is 0 Å². The van der Waals surface area contributed by atoms with Gasteiger partial charge in [-0.05, 0) is 37.0 Å². The van der Waals surface area contributed by atoms with Crippen LogP contribution in [0.25, 0.3) is 5.65 Å². The molecule has 2 heterocycles. The van der Waals surface area contributed by atoms with Crippen LogP contribution in [0.15, 0.2) is 59.7 Å². The van der Waals surface area contributed by atoms with Gasteiger partial charge in [-0.15, -0.1) is 10.2 Å². The molecule has 3 aromatic rings. The van der Waals surface area contributed by atoms with Gasteiger partial charge in [0.1, 0.15) is 0 Å². The van der Waals surface area contributed by atoms with E-state index in [-0.39, 0.29) is 0 Å². The van der Waals surface area contributed by atoms with Crippen LogP contribution in [0.1, 0.15) is 24.2 Å². The van der Waals surface area contributed by atoms with Gasteiger partial charge < -0.3 is 15.4 Å². The standard InChI is InChI=1S/C21H28N6O/c1-22-21(24-17-20-26-25-19-11-5-7-14-27(19)20)23-13-6-8-15-28-16-12-18-9-3-2-4-10-18/h2-5,7,9-11,14H,6,8,12-13,15-17H2,1H3,(H2,22,23,24). The molecule has 0 bridgehead atoms. The second-order valence-corrected chi connectivity index (χ2v) is 6.45. The Hall–Kier alpha value is -2.93. The minimum absolute atomic E-state index is 0.563. The minimum atomic E-state index is 0.563. The topological polar surface area (TPSA) is 75.8 Å². The number of rotatable bonds is 10. The summed E-state index contributed by atoms with van der Waals surface area (Å²) >= 11 is 0. The minimum Gasteiger partial charge on any atom is -0.381 e. The fourth-order valence-corrected chi connectivity index (χ4v) is 2.87. The number of ether oxygens (including phenoxy) is 1. The highest BCUT2D eigenvalue weighted by molar-refractivity contribution is 5.79. The fraction of sp³-hybridized carbons (Fsp3) is 0.381. The monoisotopic (exact) mass is 380 g/mol. The zero-order valence-electron chi connectivity index (χ0n) is 16.3. The lowest BCUT2D eigenvalue weighted by Crippen LogP contribution is -2.37. The van der Waals surface area contributed by atoms with E-state index in [1.807, 2.05) is 34.9 Å². The summed E-state index contributed by atoms with van der Waals surface area (Å²) in [7, 11) is 1.77. The van der Waals surface area contributed by atoms with Gasteiger partial charge in [-0.25, -0.2) is 0 Å². The molecule has 0 aliphatic heterocycles. The van der Waals surface area contributed by atoms with Crippen molar-refractivity contribution in [2.24, 2.45) is 4.99 Å². The molecule has 0 aliphatic carbocycles. The van der Waals surface area contributed by atoms with Gasteiger partial charge in [0, 0.05) is 26.4 Å². The molecule has 7 nitrogen and oxygen atoms in total. The predicted octanol–water partition coefficient (Wildman–Crippen LogP) is 2.43. The average molecular weight is 380 g/mol. The van der Waals surface area contributed by atoms with Gasteiger partial charge in [0.15, 0.2) is 17.4 Å². The fourth-order valence-electron chi connectivity index (χ4n) is 2.87. The summed E-state index contributed by atoms with van der Waals surface area (Å²) in [5, 5.41) is 15.0. The first-order valence-corrected chi connectivity index (χ1v) is 9.71. The number of fused-ring (bicyclic) bond motifs is 1. The highest BCUT2D eigenvalue weighted by Gasteiger charge is 2.05. The summed E-state index contributed by atoms with van der Waals surface area (Å²) in [6.45, 7) is 2.97. The number of guanidine groups is 1. The van der Waals surface area contributed by atoms with Crippen LogP contribution < -0.4 is 10.6 Å². The van der Waals surface area contributed by atoms with Gasteiger partial charge >= 0.3 is 0 Å². The van der Waals surface area contributed by atoms with E-state index in [1.165, 1.54) is 5.56 Å². The number of unbranched alkanes of at least 4 members (excludes halogenated alkanes) is 1. The first-order chi connectivity index (χ1) is 13.9. The Morgan fingerprint density at radius 1 is 1.00 bits per heavy atom. The predicted molar refractivity (Wildman–Crippen MR) is 111 cm³/mol. The van der Waals surface area contributed by atoms with Crippen molar-refractivity contribution < 1.29 is 4.74 Å². The Balaban J connectivity index is 1.26. The maximum absolute atomic E-state index is 5.72. The molecule has 0 spiro atoms. The SMILES string of the molecule is CN=C(NCCCCOCCc1ccccc1)NCc1nnc2ccccn12. The van der Waals surface area contributed by atoms with Crippen molar-refractivity contribution in [2.45, 2.75) is 25.8 Å². The Morgan fingerprint density at radius 3 is 2.71 bits per heavy atom. The van der Waals surface area contributed by atoms with E-state index in [9.17, 15) is 0 Å². The van der Waals surface area contributed by atoms with Gasteiger partial charge in [-0.3, -0.25) is 9.39 Å². The largest absolute Gasteiger partial charge is 0.381 e. The third-order valence-corrected chi connectivity index (χ3v) is 4.41. The summed E-state index contributed by atoms with van der Waals surface area (Å²) in [6, 6.07) is 16.3. The second kappa shape index (κ2) is 11.0. The van der Waals surface area contributed by atoms with Crippen molar-refractivity contribution in [3.05, 3.63) is 66.1 Å². The van der Waals surface area contributed by atoms with E-state index in [1.54, 1.807) is 7.05 Å². The molecule has 0 amide bonds. The van der Waals surface area contributed by atoms with Crippen molar-refractivity contribution in [1.29, 1.82) is 0 Å². The van der Waals surface area contributed by atoms with Crippen LogP contribution in [0.4, 0.5) is 0 Å². The van der Waals surface area contributed by atoms with E-state index >= 15 is 0 Å². The van der Waals surface area contributed by atoms with Crippen molar-refractivity contribution in [3.8, 4) is 0 Å². The lowest BCUT2D eigenvalue weighted by molar-refractivity contribution is 0.133. The zero-order valence-corrected chi connectivity index (χ0v) is 16.3. The first-order valence-electron chi connectivity index (χ1n) is 9.71. The Bertz CT molecular complexity index is 861. The molecule has 0 fully saturated rings. The zero-order chi connectivity index (χ0) is 19.4. The first kappa shape index (κ1) is 19.8. The van der Waals surface area contributed by atoms with E-state index < -0.39 is 0 Å². The van der Waals surface area contributed by atoms with Crippen LogP contribution in [-0.4, -0.2) is 47.4 Å². The normalized spacial score (nSPS) is 11.7. The van der Waals surface area contributed by atoms with Crippen LogP contribution in [0, 0.1) is 0 Å². The smallest absolute Gasteiger partial charge is 0.191 e. The molecule has 28 heavy (non-hydrogen) atoms. The molecule has 0 unspecified atom stereocenters. The highest BCUT2D eigenvalue weighted by Crippen LogP contribution is 2.02. The summed E-state index contributed by atoms with van der Waals surface area (Å²) in [4.78, 5) is 4.25. The molecule has 2 aromatic heterocycles. The van der Waals surface area contributed by atoms with E-state index in [0.717, 1.165) is 56.5 Å². The molecule has 1 aromatic carbocycles. The van der Waals surface area contributed by atoms with Gasteiger partial charge in [0.05, 0.1) is 13.2 Å². The lowest BCUT2D eigenvalue weighted by Gasteiger charge is -2.11. The van der Waals surface area contributed by atoms with Gasteiger partial charge in [0.2, 0.25) is 0 Å². The molecule has 0 aliphatic rings. The average Bonchev–Trinajstić information content (AvgIpc) is 3.16. The maximum Gasteiger partial charge on any atom is 0.191 e. The quantitative estimate of drug-likeness (QED) is 0.321. The van der Waals surface area contributed by atoms with Crippen LogP contribution in [0.2, 0.25) is 0 Å². The lowest BCUT2D eigenvalue weighted by atomic mass is 10.2. The number of pyridine rings is 1. The number of hydrogen-bond acceptors (Lipinski definition) is 4. The van der Waals surface area contributed by atoms with E-state index in [0.29, 0.717) is 6.54 Å². The molecule has 0 radical (unpaired) electrons. The molecule has 0 saturated heterocycles. The van der Waals surface area contributed by atoms with E-state index in [4.69, 9.17) is 4.74 Å². The molecule has 7 heteroatoms. The summed E-state index contributed by atoms with van der Waals surface area (Å²) in [5.41, 5.74) is 2.16. The number of nitrogens with zero attached hydrogens (tertiary/aromatic N) is 4. The highest BCUT2D eigenvalue weighted by atomic mass is 16.5. The van der Waals surface area contributed by atoms with Gasteiger partial charge in [0.25, 0.3) is 0 Å². The summed E-state index contributed by atoms with van der Waals surface area (Å²) < 4.78 is 7.68. The third-order valence-electron chi connectivity index (χ3n) is 4.41. The molecule has 3 rings (SSSR count). The van der Waals surface area contributed by atoms with Crippen molar-refractivity contribution in [1.82, 2.24) is 25.2 Å². The van der Waals surface area contributed by atoms with Crippen molar-refractivity contribution in [2.75, 3.05) is 26.8 Å². The number of benzene rings is 1. The molecule has 0 saturated carbocycles. The molecular formula is C21H28N6O. The third kappa shape index (κ3) is 6.06. The Kier molecular flexibility index (Phi) is 7.81. The van der Waals surface area contributed by atoms with E-state index in [2.05, 4.69) is 50.1 Å². The number of aliphatic imine (C=N–C) groups is 1. The summed E-state index contributed by atoms with van der Waals surface area (Å²) in [5.74, 6) is 1.61. The molecule has 148 valence electrons. The van der Waals surface area contributed by atoms with Crippen LogP contribution >= 0.6 is 0 Å². The number of nitrogens with one attached hydrogen (secondary N) is 2. The molecular weight excluding hydrogens is 352 g/mol. The van der Waals surface area contributed by atoms with Gasteiger partial charge in [-0.2, -0.15) is 0 Å². The molecule has 0 atom stereocenters. The Morgan fingerprint density at radius 2 is 1.86 bits per heavy atom. The van der Waals surface area contributed by atoms with Crippen LogP contribution in [-0.2, 0) is 17.7 Å². The number of hydrogen-bond donors (Lipinski definition) is 2. The molecule has 2 N–H and O–H groups in total. The maximum atomic E-state index is 5.72. The second-order valence-electron chi connectivity index (χ2n) is 6.45. The van der Waals surface area contributed by atoms with Crippen molar-refractivity contribution in [3.63, 3.8) is 0 Å². The van der Waals surface area contributed by atoms with Crippen LogP contribution in [0.3, 0.4) is 0 Å². The number of aromatic nitrogens is 3. The van der Waals surface area contributed by atoms with Crippen molar-refractivity contribution >= 4 is 11.6 Å². The summed E-state index contributed by atoms with van der Waals surface area (Å²) in [6.07, 6.45) is 4.97. The Labute approximate surface area is 165 Å². The van der Waals surface area contributed by atoms with Gasteiger partial charge in [-0.1, -0.05) is 36.4 Å².